The first kappa shape index (κ1) is 13.9. The number of hydrogen-bond acceptors (Lipinski definition) is 2. The van der Waals surface area contributed by atoms with Gasteiger partial charge in [-0.15, -0.1) is 0 Å². The van der Waals surface area contributed by atoms with E-state index in [0.29, 0.717) is 17.8 Å². The van der Waals surface area contributed by atoms with Crippen LogP contribution < -0.4 is 4.90 Å². The smallest absolute Gasteiger partial charge is 0.327 e. The fourth-order valence-corrected chi connectivity index (χ4v) is 3.22. The molecule has 3 rings (SSSR count). The van der Waals surface area contributed by atoms with E-state index in [1.165, 1.54) is 4.90 Å². The highest BCUT2D eigenvalue weighted by molar-refractivity contribution is 9.10. The van der Waals surface area contributed by atoms with Crippen LogP contribution in [-0.4, -0.2) is 27.6 Å². The number of benzene rings is 1. The normalized spacial score (nSPS) is 16.9. The van der Waals surface area contributed by atoms with Crippen molar-refractivity contribution in [3.8, 4) is 0 Å². The molecule has 0 aliphatic carbocycles. The molecule has 1 unspecified atom stereocenters. The molecule has 0 spiro atoms. The Labute approximate surface area is 129 Å². The second-order valence-corrected chi connectivity index (χ2v) is 5.93. The number of hydrogen-bond donors (Lipinski definition) is 1. The summed E-state index contributed by atoms with van der Waals surface area (Å²) in [5.74, 6) is -1.30. The van der Waals surface area contributed by atoms with Crippen molar-refractivity contribution in [2.24, 2.45) is 7.05 Å². The van der Waals surface area contributed by atoms with Crippen molar-refractivity contribution < 1.29 is 14.7 Å². The molecule has 21 heavy (non-hydrogen) atoms. The second kappa shape index (κ2) is 5.04. The van der Waals surface area contributed by atoms with Gasteiger partial charge in [0.15, 0.2) is 0 Å². The van der Waals surface area contributed by atoms with Crippen molar-refractivity contribution >= 4 is 33.5 Å². The first-order valence-electron chi connectivity index (χ1n) is 6.45. The summed E-state index contributed by atoms with van der Waals surface area (Å²) in [4.78, 5) is 25.7. The van der Waals surface area contributed by atoms with Gasteiger partial charge in [-0.25, -0.2) is 4.79 Å². The van der Waals surface area contributed by atoms with E-state index in [0.717, 1.165) is 10.0 Å². The van der Waals surface area contributed by atoms with E-state index in [2.05, 4.69) is 15.9 Å². The van der Waals surface area contributed by atoms with Gasteiger partial charge in [0.2, 0.25) is 0 Å². The maximum atomic E-state index is 12.8. The van der Waals surface area contributed by atoms with E-state index in [1.807, 2.05) is 18.2 Å². The van der Waals surface area contributed by atoms with E-state index in [-0.39, 0.29) is 5.91 Å². The van der Waals surface area contributed by atoms with Gasteiger partial charge in [0.05, 0.1) is 0 Å². The van der Waals surface area contributed by atoms with Crippen LogP contribution in [0.3, 0.4) is 0 Å². The molecular weight excluding hydrogens is 336 g/mol. The first-order chi connectivity index (χ1) is 9.99. The highest BCUT2D eigenvalue weighted by atomic mass is 79.9. The van der Waals surface area contributed by atoms with Gasteiger partial charge in [0.1, 0.15) is 11.7 Å². The number of amides is 1. The van der Waals surface area contributed by atoms with Gasteiger partial charge in [-0.3, -0.25) is 9.69 Å². The molecule has 0 bridgehead atoms. The number of nitrogens with zero attached hydrogens (tertiary/aromatic N) is 2. The number of para-hydroxylation sites is 1. The zero-order valence-electron chi connectivity index (χ0n) is 11.3. The van der Waals surface area contributed by atoms with Gasteiger partial charge in [0.25, 0.3) is 5.91 Å². The average Bonchev–Trinajstić information content (AvgIpc) is 2.98. The lowest BCUT2D eigenvalue weighted by atomic mass is 10.1. The van der Waals surface area contributed by atoms with Crippen LogP contribution in [0.5, 0.6) is 0 Å². The van der Waals surface area contributed by atoms with Crippen LogP contribution in [0.2, 0.25) is 0 Å². The Kier molecular flexibility index (Phi) is 3.33. The maximum absolute atomic E-state index is 12.8. The summed E-state index contributed by atoms with van der Waals surface area (Å²) in [7, 11) is 1.76. The number of halogens is 1. The number of anilines is 1. The molecular formula is C15H13BrN2O3. The monoisotopic (exact) mass is 348 g/mol. The van der Waals surface area contributed by atoms with E-state index in [9.17, 15) is 14.7 Å². The summed E-state index contributed by atoms with van der Waals surface area (Å²) < 4.78 is 2.47. The molecule has 2 heterocycles. The summed E-state index contributed by atoms with van der Waals surface area (Å²) in [5.41, 5.74) is 2.00. The molecule has 1 aromatic carbocycles. The molecule has 0 fully saturated rings. The van der Waals surface area contributed by atoms with E-state index >= 15 is 0 Å². The lowest BCUT2D eigenvalue weighted by Crippen LogP contribution is -2.43. The lowest BCUT2D eigenvalue weighted by Gasteiger charge is -2.22. The first-order valence-corrected chi connectivity index (χ1v) is 7.24. The number of fused-ring (bicyclic) bond motifs is 1. The quantitative estimate of drug-likeness (QED) is 0.906. The molecule has 6 heteroatoms. The van der Waals surface area contributed by atoms with Crippen molar-refractivity contribution in [3.63, 3.8) is 0 Å². The third-order valence-corrected chi connectivity index (χ3v) is 4.10. The van der Waals surface area contributed by atoms with Gasteiger partial charge in [-0.05, 0) is 33.6 Å². The van der Waals surface area contributed by atoms with Crippen molar-refractivity contribution in [2.45, 2.75) is 12.5 Å². The summed E-state index contributed by atoms with van der Waals surface area (Å²) in [6.45, 7) is 0. The van der Waals surface area contributed by atoms with Gasteiger partial charge >= 0.3 is 5.97 Å². The molecule has 1 amide bonds. The Morgan fingerprint density at radius 3 is 2.67 bits per heavy atom. The predicted octanol–water partition coefficient (Wildman–Crippen LogP) is 2.44. The number of carbonyl (C=O) groups is 2. The van der Waals surface area contributed by atoms with Gasteiger partial charge in [-0.1, -0.05) is 18.2 Å². The summed E-state index contributed by atoms with van der Waals surface area (Å²) in [5, 5.41) is 9.42. The van der Waals surface area contributed by atoms with Crippen molar-refractivity contribution in [2.75, 3.05) is 4.90 Å². The van der Waals surface area contributed by atoms with Crippen molar-refractivity contribution in [1.82, 2.24) is 4.57 Å². The van der Waals surface area contributed by atoms with Crippen molar-refractivity contribution in [1.29, 1.82) is 0 Å². The Morgan fingerprint density at radius 1 is 1.33 bits per heavy atom. The SMILES string of the molecule is Cn1cc(Br)cc1C(=O)N1c2ccccc2CC1C(=O)O. The molecule has 108 valence electrons. The number of aliphatic carboxylic acids is 1. The molecule has 2 aromatic rings. The van der Waals surface area contributed by atoms with E-state index in [1.54, 1.807) is 29.9 Å². The predicted molar refractivity (Wildman–Crippen MR) is 81.5 cm³/mol. The summed E-state index contributed by atoms with van der Waals surface area (Å²) >= 11 is 3.33. The van der Waals surface area contributed by atoms with E-state index < -0.39 is 12.0 Å². The molecule has 1 N–H and O–H groups in total. The summed E-state index contributed by atoms with van der Waals surface area (Å²) in [6.07, 6.45) is 2.10. The number of rotatable bonds is 2. The molecule has 1 aromatic heterocycles. The minimum Gasteiger partial charge on any atom is -0.480 e. The fourth-order valence-electron chi connectivity index (χ4n) is 2.69. The fraction of sp³-hybridized carbons (Fsp3) is 0.200. The number of carbonyl (C=O) groups excluding carboxylic acids is 1. The zero-order valence-corrected chi connectivity index (χ0v) is 12.9. The van der Waals surface area contributed by atoms with Gasteiger partial charge in [-0.2, -0.15) is 0 Å². The summed E-state index contributed by atoms with van der Waals surface area (Å²) in [6, 6.07) is 8.15. The van der Waals surface area contributed by atoms with E-state index in [4.69, 9.17) is 0 Å². The Morgan fingerprint density at radius 2 is 2.05 bits per heavy atom. The Balaban J connectivity index is 2.07. The number of aromatic nitrogens is 1. The lowest BCUT2D eigenvalue weighted by molar-refractivity contribution is -0.138. The molecule has 0 saturated heterocycles. The highest BCUT2D eigenvalue weighted by Gasteiger charge is 2.39. The van der Waals surface area contributed by atoms with Crippen LogP contribution in [0.25, 0.3) is 0 Å². The number of carboxylic acids is 1. The van der Waals surface area contributed by atoms with Crippen LogP contribution in [0, 0.1) is 0 Å². The molecule has 0 saturated carbocycles. The highest BCUT2D eigenvalue weighted by Crippen LogP contribution is 2.33. The molecule has 1 aliphatic rings. The molecule has 0 radical (unpaired) electrons. The zero-order chi connectivity index (χ0) is 15.1. The van der Waals surface area contributed by atoms with Crippen LogP contribution in [0.15, 0.2) is 41.0 Å². The van der Waals surface area contributed by atoms with Gasteiger partial charge in [0, 0.05) is 29.8 Å². The van der Waals surface area contributed by atoms with Gasteiger partial charge < -0.3 is 9.67 Å². The van der Waals surface area contributed by atoms with Crippen LogP contribution >= 0.6 is 15.9 Å². The Hall–Kier alpha value is -2.08. The minimum atomic E-state index is -0.993. The van der Waals surface area contributed by atoms with Crippen molar-refractivity contribution in [3.05, 3.63) is 52.3 Å². The van der Waals surface area contributed by atoms with Crippen LogP contribution in [-0.2, 0) is 18.3 Å². The number of aryl methyl sites for hydroxylation is 1. The largest absolute Gasteiger partial charge is 0.480 e. The molecule has 1 atom stereocenters. The molecule has 5 nitrogen and oxygen atoms in total. The third-order valence-electron chi connectivity index (χ3n) is 3.67. The minimum absolute atomic E-state index is 0.305. The second-order valence-electron chi connectivity index (χ2n) is 5.02. The average molecular weight is 349 g/mol. The molecule has 1 aliphatic heterocycles. The number of carboxylic acid groups (broad SMARTS) is 1. The van der Waals surface area contributed by atoms with Crippen LogP contribution in [0.4, 0.5) is 5.69 Å². The topological polar surface area (TPSA) is 62.5 Å². The standard InChI is InChI=1S/C15H13BrN2O3/c1-17-8-10(16)7-12(17)14(19)18-11-5-3-2-4-9(11)6-13(18)15(20)21/h2-5,7-8,13H,6H2,1H3,(H,20,21). The third kappa shape index (κ3) is 2.25. The van der Waals surface area contributed by atoms with Crippen LogP contribution in [0.1, 0.15) is 16.1 Å². The maximum Gasteiger partial charge on any atom is 0.327 e. The Bertz CT molecular complexity index is 738.